The van der Waals surface area contributed by atoms with Gasteiger partial charge in [0.2, 0.25) is 5.91 Å². The lowest BCUT2D eigenvalue weighted by Crippen LogP contribution is -2.39. The topological polar surface area (TPSA) is 75.5 Å². The number of halogens is 1. The van der Waals surface area contributed by atoms with Crippen LogP contribution in [0.1, 0.15) is 13.3 Å². The number of benzene rings is 1. The molecular weight excluding hydrogens is 265 g/mol. The van der Waals surface area contributed by atoms with Crippen molar-refractivity contribution in [3.63, 3.8) is 0 Å². The lowest BCUT2D eigenvalue weighted by atomic mass is 9.89. The third-order valence-electron chi connectivity index (χ3n) is 3.69. The molecule has 0 aliphatic carbocycles. The van der Waals surface area contributed by atoms with E-state index in [0.29, 0.717) is 25.2 Å². The number of amides is 1. The number of nitrogens with zero attached hydrogens (tertiary/aromatic N) is 2. The molecule has 1 heterocycles. The van der Waals surface area contributed by atoms with Crippen molar-refractivity contribution in [2.75, 3.05) is 25.0 Å². The molecule has 1 unspecified atom stereocenters. The van der Waals surface area contributed by atoms with E-state index >= 15 is 0 Å². The monoisotopic (exact) mass is 281 g/mol. The number of hydrogen-bond donors (Lipinski definition) is 1. The first-order valence-electron chi connectivity index (χ1n) is 6.28. The number of non-ortho nitro benzene ring substituents is 1. The minimum Gasteiger partial charge on any atom is -0.370 e. The fourth-order valence-electron chi connectivity index (χ4n) is 2.52. The first-order chi connectivity index (χ1) is 9.35. The summed E-state index contributed by atoms with van der Waals surface area (Å²) in [7, 11) is 1.57. The second kappa shape index (κ2) is 5.07. The van der Waals surface area contributed by atoms with Crippen LogP contribution in [0.3, 0.4) is 0 Å². The minimum atomic E-state index is -0.650. The van der Waals surface area contributed by atoms with E-state index in [4.69, 9.17) is 0 Å². The Kier molecular flexibility index (Phi) is 3.61. The maximum atomic E-state index is 13.4. The van der Waals surface area contributed by atoms with E-state index in [1.54, 1.807) is 11.9 Å². The molecule has 6 nitrogen and oxygen atoms in total. The van der Waals surface area contributed by atoms with Gasteiger partial charge >= 0.3 is 0 Å². The lowest BCUT2D eigenvalue weighted by molar-refractivity contribution is -0.385. The highest BCUT2D eigenvalue weighted by Crippen LogP contribution is 2.34. The predicted octanol–water partition coefficient (Wildman–Crippen LogP) is 1.70. The van der Waals surface area contributed by atoms with Gasteiger partial charge in [-0.1, -0.05) is 0 Å². The zero-order valence-corrected chi connectivity index (χ0v) is 11.4. The summed E-state index contributed by atoms with van der Waals surface area (Å²) in [6.07, 6.45) is 0.622. The molecular formula is C13H16FN3O3. The van der Waals surface area contributed by atoms with Crippen molar-refractivity contribution in [1.82, 2.24) is 5.32 Å². The van der Waals surface area contributed by atoms with E-state index in [1.165, 1.54) is 12.1 Å². The number of hydrogen-bond acceptors (Lipinski definition) is 4. The number of nitrogens with one attached hydrogen (secondary N) is 1. The minimum absolute atomic E-state index is 0.0779. The molecule has 2 rings (SSSR count). The second-order valence-electron chi connectivity index (χ2n) is 5.24. The molecule has 1 aliphatic heterocycles. The number of anilines is 1. The van der Waals surface area contributed by atoms with Crippen LogP contribution >= 0.6 is 0 Å². The van der Waals surface area contributed by atoms with E-state index < -0.39 is 16.2 Å². The molecule has 0 radical (unpaired) electrons. The van der Waals surface area contributed by atoms with Crippen LogP contribution in [0.5, 0.6) is 0 Å². The third kappa shape index (κ3) is 2.56. The number of nitro benzene ring substituents is 1. The molecule has 1 N–H and O–H groups in total. The van der Waals surface area contributed by atoms with Crippen LogP contribution < -0.4 is 10.2 Å². The van der Waals surface area contributed by atoms with Gasteiger partial charge in [0.15, 0.2) is 0 Å². The highest BCUT2D eigenvalue weighted by atomic mass is 19.1. The van der Waals surface area contributed by atoms with Gasteiger partial charge < -0.3 is 10.2 Å². The van der Waals surface area contributed by atoms with Gasteiger partial charge in [-0.15, -0.1) is 0 Å². The normalized spacial score (nSPS) is 21.9. The summed E-state index contributed by atoms with van der Waals surface area (Å²) in [5.41, 5.74) is -0.409. The van der Waals surface area contributed by atoms with Gasteiger partial charge in [-0.3, -0.25) is 14.9 Å². The average molecular weight is 281 g/mol. The van der Waals surface area contributed by atoms with Gasteiger partial charge in [0.1, 0.15) is 5.82 Å². The highest BCUT2D eigenvalue weighted by Gasteiger charge is 2.40. The highest BCUT2D eigenvalue weighted by molar-refractivity contribution is 5.83. The number of nitro groups is 1. The molecule has 1 aliphatic rings. The van der Waals surface area contributed by atoms with Crippen LogP contribution in [0.4, 0.5) is 15.8 Å². The number of carbonyl (C=O) groups excluding carboxylic acids is 1. The van der Waals surface area contributed by atoms with Crippen LogP contribution in [0.15, 0.2) is 18.2 Å². The van der Waals surface area contributed by atoms with Crippen LogP contribution in [0, 0.1) is 21.3 Å². The van der Waals surface area contributed by atoms with Crippen molar-refractivity contribution in [3.8, 4) is 0 Å². The van der Waals surface area contributed by atoms with Crippen molar-refractivity contribution in [1.29, 1.82) is 0 Å². The van der Waals surface area contributed by atoms with Crippen molar-refractivity contribution in [2.45, 2.75) is 13.3 Å². The quantitative estimate of drug-likeness (QED) is 0.676. The Morgan fingerprint density at radius 3 is 2.80 bits per heavy atom. The van der Waals surface area contributed by atoms with Crippen molar-refractivity contribution in [2.24, 2.45) is 5.41 Å². The predicted molar refractivity (Wildman–Crippen MR) is 72.1 cm³/mol. The molecule has 7 heteroatoms. The fourth-order valence-corrected chi connectivity index (χ4v) is 2.52. The molecule has 0 bridgehead atoms. The van der Waals surface area contributed by atoms with Gasteiger partial charge in [-0.25, -0.2) is 4.39 Å². The first kappa shape index (κ1) is 14.2. The first-order valence-corrected chi connectivity index (χ1v) is 6.28. The maximum Gasteiger partial charge on any atom is 0.274 e. The Bertz CT molecular complexity index is 564. The summed E-state index contributed by atoms with van der Waals surface area (Å²) in [6, 6.07) is 3.47. The van der Waals surface area contributed by atoms with Gasteiger partial charge in [0.25, 0.3) is 5.69 Å². The summed E-state index contributed by atoms with van der Waals surface area (Å²) in [5, 5.41) is 13.4. The van der Waals surface area contributed by atoms with Crippen LogP contribution in [-0.2, 0) is 4.79 Å². The molecule has 1 atom stereocenters. The molecule has 0 aromatic heterocycles. The Morgan fingerprint density at radius 2 is 2.20 bits per heavy atom. The van der Waals surface area contributed by atoms with Gasteiger partial charge in [0.05, 0.1) is 16.4 Å². The average Bonchev–Trinajstić information content (AvgIpc) is 2.81. The Balaban J connectivity index is 2.26. The molecule has 0 saturated carbocycles. The van der Waals surface area contributed by atoms with E-state index in [9.17, 15) is 19.3 Å². The molecule has 1 amide bonds. The van der Waals surface area contributed by atoms with Crippen molar-refractivity contribution < 1.29 is 14.1 Å². The Morgan fingerprint density at radius 1 is 1.50 bits per heavy atom. The zero-order chi connectivity index (χ0) is 14.9. The fraction of sp³-hybridized carbons (Fsp3) is 0.462. The summed E-state index contributed by atoms with van der Waals surface area (Å²) in [6.45, 7) is 2.80. The van der Waals surface area contributed by atoms with Gasteiger partial charge in [-0.05, 0) is 19.4 Å². The standard InChI is InChI=1S/C13H16FN3O3/c1-13(12(18)15-2)3-4-16(8-13)10-5-9(14)6-11(7-10)17(19)20/h5-7H,3-4,8H2,1-2H3,(H,15,18). The smallest absolute Gasteiger partial charge is 0.274 e. The molecule has 1 aromatic rings. The van der Waals surface area contributed by atoms with Crippen LogP contribution in [0.25, 0.3) is 0 Å². The Labute approximate surface area is 115 Å². The maximum absolute atomic E-state index is 13.4. The summed E-state index contributed by atoms with van der Waals surface area (Å²) < 4.78 is 13.4. The molecule has 1 saturated heterocycles. The van der Waals surface area contributed by atoms with Crippen LogP contribution in [0.2, 0.25) is 0 Å². The molecule has 108 valence electrons. The number of rotatable bonds is 3. The van der Waals surface area contributed by atoms with E-state index in [2.05, 4.69) is 5.32 Å². The summed E-state index contributed by atoms with van der Waals surface area (Å²) in [5.74, 6) is -0.728. The molecule has 1 fully saturated rings. The largest absolute Gasteiger partial charge is 0.370 e. The third-order valence-corrected chi connectivity index (χ3v) is 3.69. The van der Waals surface area contributed by atoms with Crippen molar-refractivity contribution in [3.05, 3.63) is 34.1 Å². The zero-order valence-electron chi connectivity index (χ0n) is 11.4. The summed E-state index contributed by atoms with van der Waals surface area (Å²) in [4.78, 5) is 23.8. The lowest BCUT2D eigenvalue weighted by Gasteiger charge is -2.23. The molecule has 0 spiro atoms. The van der Waals surface area contributed by atoms with Crippen LogP contribution in [-0.4, -0.2) is 31.0 Å². The van der Waals surface area contributed by atoms with Crippen molar-refractivity contribution >= 4 is 17.3 Å². The summed E-state index contributed by atoms with van der Waals surface area (Å²) >= 11 is 0. The second-order valence-corrected chi connectivity index (χ2v) is 5.24. The van der Waals surface area contributed by atoms with Gasteiger partial charge in [-0.2, -0.15) is 0 Å². The Hall–Kier alpha value is -2.18. The van der Waals surface area contributed by atoms with E-state index in [-0.39, 0.29) is 11.6 Å². The molecule has 1 aromatic carbocycles. The number of carbonyl (C=O) groups is 1. The molecule has 20 heavy (non-hydrogen) atoms. The van der Waals surface area contributed by atoms with Gasteiger partial charge in [0, 0.05) is 31.9 Å². The van der Waals surface area contributed by atoms with E-state index in [0.717, 1.165) is 6.07 Å². The van der Waals surface area contributed by atoms with E-state index in [1.807, 2.05) is 6.92 Å². The SMILES string of the molecule is CNC(=O)C1(C)CCN(c2cc(F)cc([N+](=O)[O-])c2)C1.